The van der Waals surface area contributed by atoms with Gasteiger partial charge >= 0.3 is 0 Å². The Morgan fingerprint density at radius 3 is 2.20 bits per heavy atom. The molecule has 1 rings (SSSR count). The lowest BCUT2D eigenvalue weighted by Gasteiger charge is -2.16. The second-order valence-electron chi connectivity index (χ2n) is 4.84. The normalized spacial score (nSPS) is 10.8. The van der Waals surface area contributed by atoms with E-state index in [-0.39, 0.29) is 0 Å². The van der Waals surface area contributed by atoms with Gasteiger partial charge in [-0.25, -0.2) is 0 Å². The van der Waals surface area contributed by atoms with Crippen LogP contribution >= 0.6 is 0 Å². The Kier molecular flexibility index (Phi) is 8.83. The van der Waals surface area contributed by atoms with Gasteiger partial charge in [0.05, 0.1) is 6.61 Å². The molecule has 0 fully saturated rings. The maximum Gasteiger partial charge on any atom is 0.119 e. The van der Waals surface area contributed by atoms with Crippen LogP contribution in [-0.4, -0.2) is 50.0 Å². The fraction of sp³-hybridized carbons (Fsp3) is 0.625. The van der Waals surface area contributed by atoms with Gasteiger partial charge in [0.1, 0.15) is 18.1 Å². The Morgan fingerprint density at radius 1 is 0.950 bits per heavy atom. The number of aliphatic hydroxyl groups is 1. The van der Waals surface area contributed by atoms with Crippen LogP contribution in [0.1, 0.15) is 26.2 Å². The summed E-state index contributed by atoms with van der Waals surface area (Å²) in [5.41, 5.74) is 0. The van der Waals surface area contributed by atoms with Gasteiger partial charge in [-0.2, -0.15) is 0 Å². The van der Waals surface area contributed by atoms with Gasteiger partial charge in [-0.3, -0.25) is 0 Å². The molecule has 0 heterocycles. The van der Waals surface area contributed by atoms with E-state index in [1.54, 1.807) is 0 Å². The Morgan fingerprint density at radius 2 is 1.60 bits per heavy atom. The number of aliphatic hydroxyl groups excluding tert-OH is 1. The summed E-state index contributed by atoms with van der Waals surface area (Å²) in [6.45, 7) is 5.59. The molecule has 1 N–H and O–H groups in total. The molecule has 20 heavy (non-hydrogen) atoms. The minimum absolute atomic E-state index is 0.296. The monoisotopic (exact) mass is 281 g/mol. The summed E-state index contributed by atoms with van der Waals surface area (Å²) < 4.78 is 11.1. The van der Waals surface area contributed by atoms with E-state index in [4.69, 9.17) is 14.6 Å². The highest BCUT2D eigenvalue weighted by Crippen LogP contribution is 2.17. The van der Waals surface area contributed by atoms with E-state index in [0.29, 0.717) is 19.8 Å². The van der Waals surface area contributed by atoms with Crippen molar-refractivity contribution in [2.24, 2.45) is 0 Å². The highest BCUT2D eigenvalue weighted by Gasteiger charge is 2.00. The third kappa shape index (κ3) is 7.36. The molecule has 0 aromatic heterocycles. The van der Waals surface area contributed by atoms with Crippen molar-refractivity contribution >= 4 is 0 Å². The molecule has 0 atom stereocenters. The van der Waals surface area contributed by atoms with Gasteiger partial charge in [-0.05, 0) is 64.0 Å². The molecule has 0 bridgehead atoms. The van der Waals surface area contributed by atoms with Crippen molar-refractivity contribution in [1.82, 2.24) is 4.90 Å². The lowest BCUT2D eigenvalue weighted by Crippen LogP contribution is -2.25. The second-order valence-corrected chi connectivity index (χ2v) is 4.84. The van der Waals surface area contributed by atoms with Crippen molar-refractivity contribution in [1.29, 1.82) is 0 Å². The van der Waals surface area contributed by atoms with Crippen molar-refractivity contribution in [3.8, 4) is 11.5 Å². The molecule has 1 aromatic rings. The molecule has 4 heteroatoms. The van der Waals surface area contributed by atoms with Gasteiger partial charge in [0.25, 0.3) is 0 Å². The van der Waals surface area contributed by atoms with E-state index in [9.17, 15) is 0 Å². The predicted molar refractivity (Wildman–Crippen MR) is 81.5 cm³/mol. The third-order valence-electron chi connectivity index (χ3n) is 3.07. The molecular weight excluding hydrogens is 254 g/mol. The molecule has 114 valence electrons. The lowest BCUT2D eigenvalue weighted by atomic mass is 10.2. The average Bonchev–Trinajstić information content (AvgIpc) is 2.46. The molecule has 4 nitrogen and oxygen atoms in total. The largest absolute Gasteiger partial charge is 0.494 e. The highest BCUT2D eigenvalue weighted by molar-refractivity contribution is 5.31. The summed E-state index contributed by atoms with van der Waals surface area (Å²) in [6.07, 6.45) is 3.11. The van der Waals surface area contributed by atoms with Gasteiger partial charge in [0.15, 0.2) is 0 Å². The molecule has 0 aliphatic heterocycles. The van der Waals surface area contributed by atoms with Crippen LogP contribution in [0.5, 0.6) is 11.5 Å². The number of nitrogens with zero attached hydrogens (tertiary/aromatic N) is 1. The molecule has 0 unspecified atom stereocenters. The Labute approximate surface area is 122 Å². The van der Waals surface area contributed by atoms with E-state index in [0.717, 1.165) is 43.9 Å². The standard InChI is InChI=1S/C16H27NO3/c1-3-19-15-7-9-16(10-8-15)20-14-12-17(2)11-5-4-6-13-18/h7-10,18H,3-6,11-14H2,1-2H3. The quantitative estimate of drug-likeness (QED) is 0.633. The van der Waals surface area contributed by atoms with Crippen molar-refractivity contribution in [3.05, 3.63) is 24.3 Å². The zero-order valence-corrected chi connectivity index (χ0v) is 12.7. The number of benzene rings is 1. The SMILES string of the molecule is CCOc1ccc(OCCN(C)CCCCCO)cc1. The van der Waals surface area contributed by atoms with Crippen molar-refractivity contribution in [3.63, 3.8) is 0 Å². The van der Waals surface area contributed by atoms with Crippen LogP contribution in [0, 0.1) is 0 Å². The molecule has 0 aliphatic carbocycles. The highest BCUT2D eigenvalue weighted by atomic mass is 16.5. The zero-order chi connectivity index (χ0) is 14.6. The first-order chi connectivity index (χ1) is 9.76. The fourth-order valence-electron chi connectivity index (χ4n) is 1.90. The Bertz CT molecular complexity index is 340. The number of hydrogen-bond donors (Lipinski definition) is 1. The summed E-state index contributed by atoms with van der Waals surface area (Å²) in [5.74, 6) is 1.75. The molecule has 0 aliphatic rings. The molecule has 0 saturated carbocycles. The van der Waals surface area contributed by atoms with Gasteiger partial charge < -0.3 is 19.5 Å². The maximum atomic E-state index is 8.71. The molecule has 0 radical (unpaired) electrons. The first-order valence-corrected chi connectivity index (χ1v) is 7.41. The lowest BCUT2D eigenvalue weighted by molar-refractivity contribution is 0.230. The van der Waals surface area contributed by atoms with Crippen LogP contribution in [0.3, 0.4) is 0 Å². The molecule has 0 amide bonds. The van der Waals surface area contributed by atoms with Gasteiger partial charge in [-0.1, -0.05) is 0 Å². The average molecular weight is 281 g/mol. The number of rotatable bonds is 11. The maximum absolute atomic E-state index is 8.71. The Balaban J connectivity index is 2.13. The zero-order valence-electron chi connectivity index (χ0n) is 12.7. The minimum Gasteiger partial charge on any atom is -0.494 e. The topological polar surface area (TPSA) is 41.9 Å². The molecule has 0 saturated heterocycles. The van der Waals surface area contributed by atoms with Gasteiger partial charge in [-0.15, -0.1) is 0 Å². The van der Waals surface area contributed by atoms with Crippen molar-refractivity contribution < 1.29 is 14.6 Å². The van der Waals surface area contributed by atoms with E-state index >= 15 is 0 Å². The molecular formula is C16H27NO3. The van der Waals surface area contributed by atoms with E-state index in [1.807, 2.05) is 31.2 Å². The number of unbranched alkanes of at least 4 members (excludes halogenated alkanes) is 2. The number of ether oxygens (including phenoxy) is 2. The third-order valence-corrected chi connectivity index (χ3v) is 3.07. The van der Waals surface area contributed by atoms with Crippen molar-refractivity contribution in [2.75, 3.05) is 40.0 Å². The van der Waals surface area contributed by atoms with Crippen LogP contribution in [0.4, 0.5) is 0 Å². The van der Waals surface area contributed by atoms with Gasteiger partial charge in [0.2, 0.25) is 0 Å². The summed E-state index contributed by atoms with van der Waals surface area (Å²) in [7, 11) is 2.10. The van der Waals surface area contributed by atoms with E-state index < -0.39 is 0 Å². The molecule has 1 aromatic carbocycles. The van der Waals surface area contributed by atoms with Crippen LogP contribution in [0.2, 0.25) is 0 Å². The van der Waals surface area contributed by atoms with E-state index in [1.165, 1.54) is 0 Å². The van der Waals surface area contributed by atoms with Gasteiger partial charge in [0, 0.05) is 13.2 Å². The van der Waals surface area contributed by atoms with Crippen molar-refractivity contribution in [2.45, 2.75) is 26.2 Å². The predicted octanol–water partition coefficient (Wildman–Crippen LogP) is 2.56. The summed E-state index contributed by atoms with van der Waals surface area (Å²) in [6, 6.07) is 7.73. The van der Waals surface area contributed by atoms with E-state index in [2.05, 4.69) is 11.9 Å². The summed E-state index contributed by atoms with van der Waals surface area (Å²) in [4.78, 5) is 2.26. The van der Waals surface area contributed by atoms with Crippen LogP contribution < -0.4 is 9.47 Å². The van der Waals surface area contributed by atoms with Crippen LogP contribution in [-0.2, 0) is 0 Å². The smallest absolute Gasteiger partial charge is 0.119 e. The molecule has 0 spiro atoms. The summed E-state index contributed by atoms with van der Waals surface area (Å²) in [5, 5.41) is 8.71. The second kappa shape index (κ2) is 10.5. The van der Waals surface area contributed by atoms with Crippen LogP contribution in [0.25, 0.3) is 0 Å². The first kappa shape index (κ1) is 16.8. The number of likely N-dealkylation sites (N-methyl/N-ethyl adjacent to an activating group) is 1. The summed E-state index contributed by atoms with van der Waals surface area (Å²) >= 11 is 0. The fourth-order valence-corrected chi connectivity index (χ4v) is 1.90. The first-order valence-electron chi connectivity index (χ1n) is 7.41. The Hall–Kier alpha value is -1.26. The van der Waals surface area contributed by atoms with Crippen LogP contribution in [0.15, 0.2) is 24.3 Å². The number of hydrogen-bond acceptors (Lipinski definition) is 4. The minimum atomic E-state index is 0.296.